The topological polar surface area (TPSA) is 18.5 Å². The molecule has 174 valence electrons. The van der Waals surface area contributed by atoms with Crippen LogP contribution in [0.5, 0.6) is 23.0 Å². The summed E-state index contributed by atoms with van der Waals surface area (Å²) in [5.41, 5.74) is 7.45. The molecular formula is C32H34O2. The van der Waals surface area contributed by atoms with Crippen molar-refractivity contribution in [2.24, 2.45) is 0 Å². The van der Waals surface area contributed by atoms with Gasteiger partial charge in [-0.05, 0) is 109 Å². The second-order valence-corrected chi connectivity index (χ2v) is 9.57. The van der Waals surface area contributed by atoms with Crippen LogP contribution in [0.3, 0.4) is 0 Å². The predicted molar refractivity (Wildman–Crippen MR) is 142 cm³/mol. The number of hydrogen-bond acceptors (Lipinski definition) is 2. The molecule has 0 heterocycles. The van der Waals surface area contributed by atoms with E-state index in [9.17, 15) is 0 Å². The van der Waals surface area contributed by atoms with E-state index < -0.39 is 0 Å². The van der Waals surface area contributed by atoms with Crippen LogP contribution in [0.4, 0.5) is 0 Å². The van der Waals surface area contributed by atoms with Gasteiger partial charge in [0.25, 0.3) is 0 Å². The van der Waals surface area contributed by atoms with Crippen molar-refractivity contribution in [1.82, 2.24) is 0 Å². The van der Waals surface area contributed by atoms with Gasteiger partial charge in [-0.3, -0.25) is 0 Å². The first-order valence-corrected chi connectivity index (χ1v) is 12.0. The third-order valence-corrected chi connectivity index (χ3v) is 6.80. The Labute approximate surface area is 204 Å². The second-order valence-electron chi connectivity index (χ2n) is 9.57. The summed E-state index contributed by atoms with van der Waals surface area (Å²) in [5.74, 6) is 3.44. The van der Waals surface area contributed by atoms with Crippen LogP contribution >= 0.6 is 0 Å². The third-order valence-electron chi connectivity index (χ3n) is 6.80. The van der Waals surface area contributed by atoms with Crippen molar-refractivity contribution >= 4 is 0 Å². The summed E-state index contributed by atoms with van der Waals surface area (Å²) < 4.78 is 12.2. The van der Waals surface area contributed by atoms with Gasteiger partial charge in [-0.25, -0.2) is 0 Å². The fraction of sp³-hybridized carbons (Fsp3) is 0.250. The molecule has 4 rings (SSSR count). The van der Waals surface area contributed by atoms with Crippen molar-refractivity contribution in [3.05, 3.63) is 118 Å². The lowest BCUT2D eigenvalue weighted by atomic mass is 9.78. The average Bonchev–Trinajstić information content (AvgIpc) is 2.83. The summed E-state index contributed by atoms with van der Waals surface area (Å²) in [7, 11) is 0. The lowest BCUT2D eigenvalue weighted by molar-refractivity contribution is 0.480. The normalized spacial score (nSPS) is 11.4. The fourth-order valence-electron chi connectivity index (χ4n) is 4.19. The number of ether oxygens (including phenoxy) is 2. The molecule has 0 radical (unpaired) electrons. The average molecular weight is 451 g/mol. The van der Waals surface area contributed by atoms with Crippen molar-refractivity contribution in [2.75, 3.05) is 0 Å². The van der Waals surface area contributed by atoms with Gasteiger partial charge in [0.1, 0.15) is 23.0 Å². The molecule has 4 aromatic carbocycles. The van der Waals surface area contributed by atoms with Gasteiger partial charge < -0.3 is 9.47 Å². The standard InChI is InChI=1S/C32H34O2/c1-7-25-21-31(15-9-23(25)3)34-29-18-12-27(13-19-29)32(5,6)26-10-16-28(17-11-26)33-30-14-8-22(2)24(4)20-30/h8-21H,7H2,1-6H3. The molecule has 0 aliphatic rings. The zero-order chi connectivity index (χ0) is 24.3. The van der Waals surface area contributed by atoms with Crippen molar-refractivity contribution < 1.29 is 9.47 Å². The van der Waals surface area contributed by atoms with E-state index in [1.54, 1.807) is 0 Å². The van der Waals surface area contributed by atoms with E-state index in [0.29, 0.717) is 0 Å². The zero-order valence-corrected chi connectivity index (χ0v) is 21.1. The van der Waals surface area contributed by atoms with Crippen molar-refractivity contribution in [2.45, 2.75) is 53.4 Å². The highest BCUT2D eigenvalue weighted by molar-refractivity contribution is 5.44. The number of rotatable bonds is 7. The monoisotopic (exact) mass is 450 g/mol. The molecular weight excluding hydrogens is 416 g/mol. The first-order chi connectivity index (χ1) is 16.3. The number of aryl methyl sites for hydroxylation is 4. The summed E-state index contributed by atoms with van der Waals surface area (Å²) in [6.07, 6.45) is 1.00. The van der Waals surface area contributed by atoms with Crippen LogP contribution in [0.25, 0.3) is 0 Å². The maximum atomic E-state index is 6.12. The van der Waals surface area contributed by atoms with Crippen LogP contribution in [0, 0.1) is 20.8 Å². The minimum Gasteiger partial charge on any atom is -0.457 e. The lowest BCUT2D eigenvalue weighted by Gasteiger charge is -2.26. The van der Waals surface area contributed by atoms with Gasteiger partial charge in [-0.2, -0.15) is 0 Å². The quantitative estimate of drug-likeness (QED) is 0.279. The summed E-state index contributed by atoms with van der Waals surface area (Å²) >= 11 is 0. The van der Waals surface area contributed by atoms with Crippen LogP contribution in [-0.2, 0) is 11.8 Å². The van der Waals surface area contributed by atoms with Crippen molar-refractivity contribution in [3.8, 4) is 23.0 Å². The first kappa shape index (κ1) is 23.6. The Morgan fingerprint density at radius 1 is 0.529 bits per heavy atom. The molecule has 2 nitrogen and oxygen atoms in total. The molecule has 0 saturated heterocycles. The van der Waals surface area contributed by atoms with E-state index in [-0.39, 0.29) is 5.41 Å². The Bertz CT molecular complexity index is 1270. The molecule has 0 amide bonds. The molecule has 0 unspecified atom stereocenters. The molecule has 0 aromatic heterocycles. The minimum atomic E-state index is -0.142. The molecule has 2 heteroatoms. The Morgan fingerprint density at radius 2 is 0.971 bits per heavy atom. The maximum Gasteiger partial charge on any atom is 0.127 e. The van der Waals surface area contributed by atoms with Crippen LogP contribution in [0.2, 0.25) is 0 Å². The smallest absolute Gasteiger partial charge is 0.127 e. The Balaban J connectivity index is 1.47. The van der Waals surface area contributed by atoms with Crippen LogP contribution < -0.4 is 9.47 Å². The highest BCUT2D eigenvalue weighted by atomic mass is 16.5. The zero-order valence-electron chi connectivity index (χ0n) is 21.1. The number of benzene rings is 4. The predicted octanol–water partition coefficient (Wildman–Crippen LogP) is 9.08. The number of hydrogen-bond donors (Lipinski definition) is 0. The molecule has 0 saturated carbocycles. The molecule has 0 N–H and O–H groups in total. The first-order valence-electron chi connectivity index (χ1n) is 12.0. The molecule has 34 heavy (non-hydrogen) atoms. The third kappa shape index (κ3) is 5.17. The summed E-state index contributed by atoms with van der Waals surface area (Å²) in [6, 6.07) is 29.3. The Hall–Kier alpha value is -3.52. The highest BCUT2D eigenvalue weighted by Gasteiger charge is 2.23. The SMILES string of the molecule is CCc1cc(Oc2ccc(C(C)(C)c3ccc(Oc4ccc(C)c(C)c4)cc3)cc2)ccc1C. The van der Waals surface area contributed by atoms with Crippen LogP contribution in [0.15, 0.2) is 84.9 Å². The molecule has 4 aromatic rings. The van der Waals surface area contributed by atoms with Gasteiger partial charge in [-0.1, -0.05) is 57.2 Å². The summed E-state index contributed by atoms with van der Waals surface area (Å²) in [4.78, 5) is 0. The van der Waals surface area contributed by atoms with Crippen LogP contribution in [-0.4, -0.2) is 0 Å². The van der Waals surface area contributed by atoms with Gasteiger partial charge in [-0.15, -0.1) is 0 Å². The maximum absolute atomic E-state index is 6.12. The molecule has 0 aliphatic heterocycles. The van der Waals surface area contributed by atoms with Gasteiger partial charge in [0.15, 0.2) is 0 Å². The minimum absolute atomic E-state index is 0.142. The highest BCUT2D eigenvalue weighted by Crippen LogP contribution is 2.35. The lowest BCUT2D eigenvalue weighted by Crippen LogP contribution is -2.18. The van der Waals surface area contributed by atoms with Gasteiger partial charge in [0.05, 0.1) is 0 Å². The van der Waals surface area contributed by atoms with E-state index in [2.05, 4.69) is 102 Å². The Kier molecular flexibility index (Phi) is 6.79. The summed E-state index contributed by atoms with van der Waals surface area (Å²) in [6.45, 7) is 13.0. The van der Waals surface area contributed by atoms with E-state index in [1.807, 2.05) is 24.3 Å². The largest absolute Gasteiger partial charge is 0.457 e. The Morgan fingerprint density at radius 3 is 1.44 bits per heavy atom. The van der Waals surface area contributed by atoms with E-state index in [4.69, 9.17) is 9.47 Å². The van der Waals surface area contributed by atoms with E-state index in [0.717, 1.165) is 29.4 Å². The molecule has 0 aliphatic carbocycles. The molecule has 0 spiro atoms. The fourth-order valence-corrected chi connectivity index (χ4v) is 4.19. The van der Waals surface area contributed by atoms with E-state index >= 15 is 0 Å². The van der Waals surface area contributed by atoms with E-state index in [1.165, 1.54) is 33.4 Å². The van der Waals surface area contributed by atoms with Gasteiger partial charge in [0, 0.05) is 5.41 Å². The van der Waals surface area contributed by atoms with Crippen molar-refractivity contribution in [3.63, 3.8) is 0 Å². The molecule has 0 fully saturated rings. The van der Waals surface area contributed by atoms with Crippen molar-refractivity contribution in [1.29, 1.82) is 0 Å². The molecule has 0 bridgehead atoms. The van der Waals surface area contributed by atoms with Crippen LogP contribution in [0.1, 0.15) is 54.2 Å². The van der Waals surface area contributed by atoms with Gasteiger partial charge in [0.2, 0.25) is 0 Å². The van der Waals surface area contributed by atoms with Gasteiger partial charge >= 0.3 is 0 Å². The summed E-state index contributed by atoms with van der Waals surface area (Å²) in [5, 5.41) is 0. The second kappa shape index (κ2) is 9.77. The molecule has 0 atom stereocenters.